The summed E-state index contributed by atoms with van der Waals surface area (Å²) in [5, 5.41) is 11.6. The minimum absolute atomic E-state index is 0.0487. The Bertz CT molecular complexity index is 946. The van der Waals surface area contributed by atoms with Gasteiger partial charge in [-0.05, 0) is 30.3 Å². The average molecular weight is 366 g/mol. The fourth-order valence-electron chi connectivity index (χ4n) is 2.33. The van der Waals surface area contributed by atoms with Crippen molar-refractivity contribution < 1.29 is 27.1 Å². The van der Waals surface area contributed by atoms with Gasteiger partial charge in [0.1, 0.15) is 23.6 Å². The number of benzene rings is 1. The Morgan fingerprint density at radius 3 is 2.77 bits per heavy atom. The van der Waals surface area contributed by atoms with Crippen LogP contribution in [-0.4, -0.2) is 33.3 Å². The van der Waals surface area contributed by atoms with E-state index < -0.39 is 17.7 Å². The third-order valence-corrected chi connectivity index (χ3v) is 3.57. The lowest BCUT2D eigenvalue weighted by molar-refractivity contribution is -0.137. The molecular weight excluding hydrogens is 353 g/mol. The smallest absolute Gasteiger partial charge is 0.416 e. The van der Waals surface area contributed by atoms with Crippen LogP contribution in [0.5, 0.6) is 0 Å². The molecule has 0 aliphatic rings. The number of methoxy groups -OCH3 is 1. The van der Waals surface area contributed by atoms with Gasteiger partial charge in [0.25, 0.3) is 0 Å². The number of tetrazole rings is 1. The van der Waals surface area contributed by atoms with Crippen LogP contribution in [0.2, 0.25) is 0 Å². The fraction of sp³-hybridized carbons (Fsp3) is 0.250. The highest BCUT2D eigenvalue weighted by Gasteiger charge is 2.30. The maximum absolute atomic E-state index is 12.8. The van der Waals surface area contributed by atoms with Gasteiger partial charge in [-0.25, -0.2) is 4.79 Å². The summed E-state index contributed by atoms with van der Waals surface area (Å²) in [6.45, 7) is 1.67. The highest BCUT2D eigenvalue weighted by atomic mass is 19.4. The first-order chi connectivity index (χ1) is 12.3. The molecule has 0 aliphatic heterocycles. The summed E-state index contributed by atoms with van der Waals surface area (Å²) >= 11 is 0. The predicted molar refractivity (Wildman–Crippen MR) is 82.1 cm³/mol. The number of halogens is 3. The number of alkyl halides is 3. The predicted octanol–water partition coefficient (Wildman–Crippen LogP) is 3.10. The Morgan fingerprint density at radius 1 is 1.31 bits per heavy atom. The highest BCUT2D eigenvalue weighted by Crippen LogP contribution is 2.31. The molecular formula is C16H13F3N4O3. The maximum atomic E-state index is 12.8. The summed E-state index contributed by atoms with van der Waals surface area (Å²) in [6, 6.07) is 6.15. The number of carbonyl (C=O) groups excluding carboxylic acids is 1. The van der Waals surface area contributed by atoms with E-state index in [0.29, 0.717) is 11.5 Å². The Kier molecular flexibility index (Phi) is 4.49. The van der Waals surface area contributed by atoms with Gasteiger partial charge in [-0.3, -0.25) is 0 Å². The Balaban J connectivity index is 1.82. The Morgan fingerprint density at radius 2 is 2.08 bits per heavy atom. The first kappa shape index (κ1) is 17.6. The molecule has 1 aromatic carbocycles. The number of esters is 1. The molecule has 0 unspecified atom stereocenters. The summed E-state index contributed by atoms with van der Waals surface area (Å²) in [7, 11) is 1.26. The normalized spacial score (nSPS) is 11.6. The third kappa shape index (κ3) is 3.58. The van der Waals surface area contributed by atoms with E-state index in [-0.39, 0.29) is 23.5 Å². The average Bonchev–Trinajstić information content (AvgIpc) is 3.20. The van der Waals surface area contributed by atoms with Crippen LogP contribution in [-0.2, 0) is 17.5 Å². The first-order valence-corrected chi connectivity index (χ1v) is 7.41. The van der Waals surface area contributed by atoms with Crippen LogP contribution in [0.3, 0.4) is 0 Å². The van der Waals surface area contributed by atoms with Crippen molar-refractivity contribution in [2.45, 2.75) is 19.6 Å². The molecule has 0 amide bonds. The van der Waals surface area contributed by atoms with E-state index in [0.717, 1.165) is 16.9 Å². The SMILES string of the molecule is COC(=O)c1cc(Cn2nnc(-c3cccc(C(F)(F)F)c3)n2)oc1C. The van der Waals surface area contributed by atoms with Crippen LogP contribution in [0, 0.1) is 6.92 Å². The van der Waals surface area contributed by atoms with Crippen molar-refractivity contribution >= 4 is 5.97 Å². The van der Waals surface area contributed by atoms with Gasteiger partial charge in [-0.15, -0.1) is 10.2 Å². The van der Waals surface area contributed by atoms with Crippen molar-refractivity contribution in [2.24, 2.45) is 0 Å². The van der Waals surface area contributed by atoms with Crippen molar-refractivity contribution in [1.82, 2.24) is 20.2 Å². The molecule has 2 aromatic heterocycles. The second-order valence-corrected chi connectivity index (χ2v) is 5.40. The van der Waals surface area contributed by atoms with Crippen molar-refractivity contribution in [2.75, 3.05) is 7.11 Å². The molecule has 0 aliphatic carbocycles. The molecule has 0 fully saturated rings. The molecule has 0 saturated carbocycles. The van der Waals surface area contributed by atoms with Gasteiger partial charge >= 0.3 is 12.1 Å². The Labute approximate surface area is 145 Å². The summed E-state index contributed by atoms with van der Waals surface area (Å²) in [5.74, 6) is 0.280. The molecule has 0 bridgehead atoms. The standard InChI is InChI=1S/C16H13F3N4O3/c1-9-13(15(24)25-2)7-12(26-9)8-23-21-14(20-22-23)10-4-3-5-11(6-10)16(17,18)19/h3-7H,8H2,1-2H3. The molecule has 3 aromatic rings. The molecule has 10 heteroatoms. The minimum Gasteiger partial charge on any atom is -0.465 e. The number of aromatic nitrogens is 4. The quantitative estimate of drug-likeness (QED) is 0.660. The van der Waals surface area contributed by atoms with Crippen molar-refractivity contribution in [3.63, 3.8) is 0 Å². The number of nitrogens with zero attached hydrogens (tertiary/aromatic N) is 4. The van der Waals surface area contributed by atoms with Crippen LogP contribution in [0.4, 0.5) is 13.2 Å². The van der Waals surface area contributed by atoms with Gasteiger partial charge in [0.15, 0.2) is 0 Å². The summed E-state index contributed by atoms with van der Waals surface area (Å²) in [4.78, 5) is 12.7. The summed E-state index contributed by atoms with van der Waals surface area (Å²) in [5.41, 5.74) is -0.326. The molecule has 0 atom stereocenters. The number of furan rings is 1. The second kappa shape index (κ2) is 6.62. The van der Waals surface area contributed by atoms with Crippen LogP contribution >= 0.6 is 0 Å². The van der Waals surface area contributed by atoms with Gasteiger partial charge < -0.3 is 9.15 Å². The maximum Gasteiger partial charge on any atom is 0.416 e. The summed E-state index contributed by atoms with van der Waals surface area (Å²) < 4.78 is 48.5. The Hall–Kier alpha value is -3.17. The lowest BCUT2D eigenvalue weighted by atomic mass is 10.1. The van der Waals surface area contributed by atoms with E-state index in [1.807, 2.05) is 0 Å². The molecule has 7 nitrogen and oxygen atoms in total. The third-order valence-electron chi connectivity index (χ3n) is 3.57. The van der Waals surface area contributed by atoms with Gasteiger partial charge in [-0.1, -0.05) is 12.1 Å². The molecule has 0 N–H and O–H groups in total. The number of hydrogen-bond donors (Lipinski definition) is 0. The van der Waals surface area contributed by atoms with Crippen molar-refractivity contribution in [3.8, 4) is 11.4 Å². The van der Waals surface area contributed by atoms with Crippen LogP contribution in [0.1, 0.15) is 27.4 Å². The van der Waals surface area contributed by atoms with Crippen molar-refractivity contribution in [3.05, 3.63) is 53.0 Å². The lowest BCUT2D eigenvalue weighted by Gasteiger charge is -2.06. The monoisotopic (exact) mass is 366 g/mol. The zero-order chi connectivity index (χ0) is 18.9. The molecule has 0 spiro atoms. The van der Waals surface area contributed by atoms with Gasteiger partial charge in [-0.2, -0.15) is 18.0 Å². The number of carbonyl (C=O) groups is 1. The molecule has 136 valence electrons. The van der Waals surface area contributed by atoms with Crippen LogP contribution < -0.4 is 0 Å². The van der Waals surface area contributed by atoms with E-state index >= 15 is 0 Å². The zero-order valence-corrected chi connectivity index (χ0v) is 13.7. The second-order valence-electron chi connectivity index (χ2n) is 5.40. The highest BCUT2D eigenvalue weighted by molar-refractivity contribution is 5.90. The van der Waals surface area contributed by atoms with E-state index in [1.165, 1.54) is 25.3 Å². The van der Waals surface area contributed by atoms with E-state index in [1.54, 1.807) is 6.92 Å². The minimum atomic E-state index is -4.46. The molecule has 0 radical (unpaired) electrons. The fourth-order valence-corrected chi connectivity index (χ4v) is 2.33. The number of hydrogen-bond acceptors (Lipinski definition) is 6. The van der Waals surface area contributed by atoms with Gasteiger partial charge in [0, 0.05) is 5.56 Å². The van der Waals surface area contributed by atoms with Gasteiger partial charge in [0.2, 0.25) is 5.82 Å². The molecule has 2 heterocycles. The first-order valence-electron chi connectivity index (χ1n) is 7.41. The van der Waals surface area contributed by atoms with Crippen LogP contribution in [0.25, 0.3) is 11.4 Å². The summed E-state index contributed by atoms with van der Waals surface area (Å²) in [6.07, 6.45) is -4.46. The van der Waals surface area contributed by atoms with Crippen LogP contribution in [0.15, 0.2) is 34.7 Å². The van der Waals surface area contributed by atoms with E-state index in [9.17, 15) is 18.0 Å². The van der Waals surface area contributed by atoms with E-state index in [4.69, 9.17) is 4.42 Å². The molecule has 0 saturated heterocycles. The largest absolute Gasteiger partial charge is 0.465 e. The molecule has 26 heavy (non-hydrogen) atoms. The zero-order valence-electron chi connectivity index (χ0n) is 13.7. The molecule has 3 rings (SSSR count). The van der Waals surface area contributed by atoms with Crippen molar-refractivity contribution in [1.29, 1.82) is 0 Å². The van der Waals surface area contributed by atoms with Gasteiger partial charge in [0.05, 0.1) is 12.7 Å². The van der Waals surface area contributed by atoms with E-state index in [2.05, 4.69) is 20.1 Å². The number of aryl methyl sites for hydroxylation is 1. The number of ether oxygens (including phenoxy) is 1. The topological polar surface area (TPSA) is 83.0 Å². The number of rotatable bonds is 4. The lowest BCUT2D eigenvalue weighted by Crippen LogP contribution is -2.05.